The smallest absolute Gasteiger partial charge is 0.261 e. The molecule has 0 aromatic carbocycles. The Morgan fingerprint density at radius 3 is 2.77 bits per heavy atom. The van der Waals surface area contributed by atoms with Gasteiger partial charge in [-0.3, -0.25) is 9.48 Å². The van der Waals surface area contributed by atoms with Crippen LogP contribution in [0.4, 0.5) is 11.5 Å². The summed E-state index contributed by atoms with van der Waals surface area (Å²) in [5, 5.41) is 15.4. The molecule has 0 bridgehead atoms. The first-order chi connectivity index (χ1) is 15.1. The second-order valence-electron chi connectivity index (χ2n) is 8.86. The second-order valence-corrected chi connectivity index (χ2v) is 8.86. The summed E-state index contributed by atoms with van der Waals surface area (Å²) in [5.74, 6) is 1.27. The monoisotopic (exact) mass is 419 g/mol. The maximum atomic E-state index is 13.1. The van der Waals surface area contributed by atoms with Crippen LogP contribution in [0.15, 0.2) is 31.2 Å². The molecular formula is C23H29N7O. The molecule has 2 fully saturated rings. The van der Waals surface area contributed by atoms with E-state index in [4.69, 9.17) is 5.10 Å². The summed E-state index contributed by atoms with van der Waals surface area (Å²) in [5.41, 5.74) is 3.22. The van der Waals surface area contributed by atoms with Crippen molar-refractivity contribution in [3.8, 4) is 0 Å². The molecule has 0 aliphatic heterocycles. The molecule has 0 saturated heterocycles. The van der Waals surface area contributed by atoms with Crippen LogP contribution in [0.1, 0.15) is 74.0 Å². The summed E-state index contributed by atoms with van der Waals surface area (Å²) in [6, 6.07) is 2.27. The molecule has 8 nitrogen and oxygen atoms in total. The third-order valence-electron chi connectivity index (χ3n) is 6.22. The molecular weight excluding hydrogens is 390 g/mol. The largest absolute Gasteiger partial charge is 0.370 e. The van der Waals surface area contributed by atoms with Crippen molar-refractivity contribution in [3.05, 3.63) is 42.5 Å². The van der Waals surface area contributed by atoms with E-state index in [1.165, 1.54) is 32.1 Å². The lowest BCUT2D eigenvalue weighted by Crippen LogP contribution is -2.14. The average molecular weight is 420 g/mol. The van der Waals surface area contributed by atoms with E-state index in [1.807, 2.05) is 30.1 Å². The fraction of sp³-hybridized carbons (Fsp3) is 0.478. The van der Waals surface area contributed by atoms with Crippen molar-refractivity contribution < 1.29 is 4.79 Å². The molecule has 8 heteroatoms. The highest BCUT2D eigenvalue weighted by atomic mass is 16.1. The average Bonchev–Trinajstić information content (AvgIpc) is 3.36. The first-order valence-corrected chi connectivity index (χ1v) is 11.2. The number of rotatable bonds is 7. The Bertz CT molecular complexity index is 1120. The van der Waals surface area contributed by atoms with Crippen molar-refractivity contribution in [1.29, 1.82) is 0 Å². The van der Waals surface area contributed by atoms with E-state index in [0.29, 0.717) is 22.9 Å². The van der Waals surface area contributed by atoms with Gasteiger partial charge in [0.1, 0.15) is 17.1 Å². The first kappa shape index (κ1) is 19.8. The number of amides is 1. The lowest BCUT2D eigenvalue weighted by molar-refractivity contribution is 0.102. The number of carbonyl (C=O) groups excluding carboxylic acids is 1. The molecule has 0 radical (unpaired) electrons. The van der Waals surface area contributed by atoms with Gasteiger partial charge in [-0.2, -0.15) is 10.2 Å². The van der Waals surface area contributed by atoms with E-state index < -0.39 is 0 Å². The van der Waals surface area contributed by atoms with Crippen LogP contribution in [0.2, 0.25) is 0 Å². The number of hydrogen-bond acceptors (Lipinski definition) is 5. The van der Waals surface area contributed by atoms with Crippen LogP contribution in [0.3, 0.4) is 0 Å². The Morgan fingerprint density at radius 2 is 2.03 bits per heavy atom. The molecule has 162 valence electrons. The van der Waals surface area contributed by atoms with Crippen molar-refractivity contribution in [2.24, 2.45) is 5.92 Å². The number of allylic oxidation sites excluding steroid dienone is 1. The van der Waals surface area contributed by atoms with Crippen LogP contribution in [0.5, 0.6) is 0 Å². The van der Waals surface area contributed by atoms with Gasteiger partial charge in [0.15, 0.2) is 5.65 Å². The number of nitrogens with one attached hydrogen (secondary N) is 2. The van der Waals surface area contributed by atoms with E-state index >= 15 is 0 Å². The van der Waals surface area contributed by atoms with Gasteiger partial charge in [-0.05, 0) is 50.2 Å². The molecule has 2 saturated carbocycles. The minimum Gasteiger partial charge on any atom is -0.370 e. The highest BCUT2D eigenvalue weighted by Crippen LogP contribution is 2.31. The molecule has 0 unspecified atom stereocenters. The molecule has 2 N–H and O–H groups in total. The summed E-state index contributed by atoms with van der Waals surface area (Å²) < 4.78 is 3.63. The van der Waals surface area contributed by atoms with Crippen molar-refractivity contribution in [2.45, 2.75) is 57.9 Å². The molecule has 3 aromatic rings. The fourth-order valence-corrected chi connectivity index (χ4v) is 4.22. The zero-order valence-electron chi connectivity index (χ0n) is 18.0. The van der Waals surface area contributed by atoms with Crippen LogP contribution < -0.4 is 10.6 Å². The van der Waals surface area contributed by atoms with E-state index in [9.17, 15) is 4.79 Å². The maximum absolute atomic E-state index is 13.1. The lowest BCUT2D eigenvalue weighted by Gasteiger charge is -2.21. The number of hydrogen-bond donors (Lipinski definition) is 2. The van der Waals surface area contributed by atoms with Crippen molar-refractivity contribution >= 4 is 28.6 Å². The summed E-state index contributed by atoms with van der Waals surface area (Å²) in [7, 11) is 0. The molecule has 3 aromatic heterocycles. The quantitative estimate of drug-likeness (QED) is 0.587. The number of anilines is 2. The van der Waals surface area contributed by atoms with E-state index in [2.05, 4.69) is 27.3 Å². The Labute approximate surface area is 181 Å². The topological polar surface area (TPSA) is 89.1 Å². The van der Waals surface area contributed by atoms with Gasteiger partial charge >= 0.3 is 0 Å². The second kappa shape index (κ2) is 8.17. The lowest BCUT2D eigenvalue weighted by atomic mass is 9.96. The highest BCUT2D eigenvalue weighted by Gasteiger charge is 2.23. The summed E-state index contributed by atoms with van der Waals surface area (Å²) >= 11 is 0. The van der Waals surface area contributed by atoms with Crippen LogP contribution in [-0.2, 0) is 0 Å². The maximum Gasteiger partial charge on any atom is 0.261 e. The third kappa shape index (κ3) is 4.19. The molecule has 2 aliphatic rings. The summed E-state index contributed by atoms with van der Waals surface area (Å²) in [6.45, 7) is 6.88. The van der Waals surface area contributed by atoms with Gasteiger partial charge in [-0.25, -0.2) is 9.50 Å². The summed E-state index contributed by atoms with van der Waals surface area (Å²) in [6.07, 6.45) is 13.9. The van der Waals surface area contributed by atoms with Gasteiger partial charge in [0.05, 0.1) is 17.9 Å². The van der Waals surface area contributed by atoms with E-state index in [1.54, 1.807) is 10.7 Å². The Balaban J connectivity index is 1.38. The van der Waals surface area contributed by atoms with Crippen molar-refractivity contribution in [3.63, 3.8) is 0 Å². The molecule has 3 heterocycles. The van der Waals surface area contributed by atoms with E-state index in [0.717, 1.165) is 42.4 Å². The fourth-order valence-electron chi connectivity index (χ4n) is 4.22. The number of aromatic nitrogens is 5. The number of fused-ring (bicyclic) bond motifs is 1. The van der Waals surface area contributed by atoms with Gasteiger partial charge in [-0.1, -0.05) is 25.8 Å². The molecule has 0 atom stereocenters. The van der Waals surface area contributed by atoms with Crippen LogP contribution >= 0.6 is 0 Å². The number of nitrogens with zero attached hydrogens (tertiary/aromatic N) is 5. The minimum atomic E-state index is -0.243. The van der Waals surface area contributed by atoms with E-state index in [-0.39, 0.29) is 5.91 Å². The normalized spacial score (nSPS) is 17.1. The highest BCUT2D eigenvalue weighted by molar-refractivity contribution is 6.09. The molecule has 5 rings (SSSR count). The van der Waals surface area contributed by atoms with Gasteiger partial charge in [-0.15, -0.1) is 0 Å². The molecule has 0 spiro atoms. The summed E-state index contributed by atoms with van der Waals surface area (Å²) in [4.78, 5) is 17.8. The zero-order valence-corrected chi connectivity index (χ0v) is 18.0. The Kier molecular flexibility index (Phi) is 5.21. The van der Waals surface area contributed by atoms with Gasteiger partial charge in [0, 0.05) is 18.9 Å². The van der Waals surface area contributed by atoms with Crippen molar-refractivity contribution in [2.75, 3.05) is 17.2 Å². The first-order valence-electron chi connectivity index (χ1n) is 11.2. The predicted molar refractivity (Wildman–Crippen MR) is 121 cm³/mol. The Hall–Kier alpha value is -3.16. The third-order valence-corrected chi connectivity index (χ3v) is 6.22. The van der Waals surface area contributed by atoms with Gasteiger partial charge in [0.25, 0.3) is 5.91 Å². The number of carbonyl (C=O) groups is 1. The standard InChI is InChI=1S/C23H29N7O/c1-15(2)21-19(14-30(28-21)17-6-4-3-5-7-17)26-23(31)18-13-25-29-11-10-20(27-22(18)29)24-12-16-8-9-16/h10-11,13-14,16-17H,1,3-9,12H2,2H3,(H,24,27)(H,26,31). The minimum absolute atomic E-state index is 0.243. The SMILES string of the molecule is C=C(C)c1nn(C2CCCCC2)cc1NC(=O)c1cnn2ccc(NCC3CC3)nc12. The Morgan fingerprint density at radius 1 is 1.23 bits per heavy atom. The zero-order chi connectivity index (χ0) is 21.4. The van der Waals surface area contributed by atoms with Gasteiger partial charge < -0.3 is 10.6 Å². The van der Waals surface area contributed by atoms with Crippen LogP contribution in [-0.4, -0.2) is 36.8 Å². The van der Waals surface area contributed by atoms with Crippen LogP contribution in [0.25, 0.3) is 11.2 Å². The predicted octanol–water partition coefficient (Wildman–Crippen LogP) is 4.54. The molecule has 2 aliphatic carbocycles. The molecule has 1 amide bonds. The van der Waals surface area contributed by atoms with Gasteiger partial charge in [0.2, 0.25) is 0 Å². The van der Waals surface area contributed by atoms with Crippen LogP contribution in [0, 0.1) is 5.92 Å². The molecule has 31 heavy (non-hydrogen) atoms. The van der Waals surface area contributed by atoms with Crippen molar-refractivity contribution in [1.82, 2.24) is 24.4 Å².